The van der Waals surface area contributed by atoms with Crippen LogP contribution in [0.1, 0.15) is 11.7 Å². The van der Waals surface area contributed by atoms with Gasteiger partial charge in [0.05, 0.1) is 19.1 Å². The summed E-state index contributed by atoms with van der Waals surface area (Å²) in [6.45, 7) is -0.128. The number of methoxy groups -OCH3 is 2. The summed E-state index contributed by atoms with van der Waals surface area (Å²) >= 11 is 0. The number of aliphatic hydroxyl groups excluding tert-OH is 4. The van der Waals surface area contributed by atoms with Gasteiger partial charge in [-0.05, 0) is 24.3 Å². The van der Waals surface area contributed by atoms with Crippen molar-refractivity contribution in [2.75, 3.05) is 27.4 Å². The lowest BCUT2D eigenvalue weighted by Gasteiger charge is -2.39. The second-order valence-electron chi connectivity index (χ2n) is 8.52. The number of ether oxygens (including phenoxy) is 6. The van der Waals surface area contributed by atoms with E-state index in [-0.39, 0.29) is 24.2 Å². The highest BCUT2D eigenvalue weighted by molar-refractivity contribution is 5.49. The zero-order valence-electron chi connectivity index (χ0n) is 18.2. The average Bonchev–Trinajstić information content (AvgIpc) is 3.21. The van der Waals surface area contributed by atoms with E-state index in [1.54, 1.807) is 26.4 Å². The van der Waals surface area contributed by atoms with E-state index in [1.165, 1.54) is 0 Å². The molecule has 9 atom stereocenters. The fourth-order valence-electron chi connectivity index (χ4n) is 4.78. The van der Waals surface area contributed by atoms with E-state index in [9.17, 15) is 20.4 Å². The average molecular weight is 464 g/mol. The van der Waals surface area contributed by atoms with Crippen LogP contribution in [0.3, 0.4) is 0 Å². The molecule has 0 radical (unpaired) electrons. The molecule has 1 aromatic carbocycles. The lowest BCUT2D eigenvalue weighted by atomic mass is 9.86. The first-order chi connectivity index (χ1) is 15.9. The van der Waals surface area contributed by atoms with Gasteiger partial charge in [0.25, 0.3) is 0 Å². The molecule has 3 aliphatic heterocycles. The Kier molecular flexibility index (Phi) is 6.08. The normalized spacial score (nSPS) is 39.3. The Morgan fingerprint density at radius 1 is 1.00 bits per heavy atom. The Morgan fingerprint density at radius 3 is 2.48 bits per heavy atom. The van der Waals surface area contributed by atoms with Crippen molar-refractivity contribution in [1.82, 2.24) is 0 Å². The summed E-state index contributed by atoms with van der Waals surface area (Å²) in [6, 6.07) is 5.18. The minimum atomic E-state index is -1.51. The highest BCUT2D eigenvalue weighted by Gasteiger charge is 2.47. The summed E-state index contributed by atoms with van der Waals surface area (Å²) in [5.74, 6) is 1.69. The predicted molar refractivity (Wildman–Crippen MR) is 111 cm³/mol. The van der Waals surface area contributed by atoms with E-state index < -0.39 is 37.3 Å². The van der Waals surface area contributed by atoms with E-state index in [0.717, 1.165) is 16.9 Å². The number of aliphatic hydroxyl groups is 4. The Hall–Kier alpha value is -2.18. The molecule has 0 spiro atoms. The summed E-state index contributed by atoms with van der Waals surface area (Å²) in [7, 11) is 3.27. The third-order valence-electron chi connectivity index (χ3n) is 6.64. The van der Waals surface area contributed by atoms with Crippen molar-refractivity contribution in [2.45, 2.75) is 49.0 Å². The van der Waals surface area contributed by atoms with Crippen LogP contribution >= 0.6 is 0 Å². The van der Waals surface area contributed by atoms with Crippen molar-refractivity contribution < 1.29 is 48.8 Å². The van der Waals surface area contributed by atoms with Crippen LogP contribution in [0.15, 0.2) is 41.7 Å². The molecule has 180 valence electrons. The zero-order chi connectivity index (χ0) is 23.3. The second kappa shape index (κ2) is 8.88. The molecule has 4 N–H and O–H groups in total. The van der Waals surface area contributed by atoms with Crippen molar-refractivity contribution in [1.29, 1.82) is 0 Å². The highest BCUT2D eigenvalue weighted by Crippen LogP contribution is 2.51. The number of benzene rings is 1. The molecule has 4 unspecified atom stereocenters. The van der Waals surface area contributed by atoms with E-state index in [4.69, 9.17) is 28.4 Å². The fourth-order valence-corrected chi connectivity index (χ4v) is 4.78. The van der Waals surface area contributed by atoms with Crippen LogP contribution in [-0.2, 0) is 18.9 Å². The Morgan fingerprint density at radius 2 is 1.76 bits per heavy atom. The van der Waals surface area contributed by atoms with Crippen LogP contribution in [-0.4, -0.2) is 90.8 Å². The molecular formula is C23H28O10. The van der Waals surface area contributed by atoms with E-state index in [2.05, 4.69) is 0 Å². The Bertz CT molecular complexity index is 943. The lowest BCUT2D eigenvalue weighted by molar-refractivity contribution is -0.277. The minimum absolute atomic E-state index is 0.0106. The number of rotatable bonds is 5. The molecule has 1 aliphatic carbocycles. The summed E-state index contributed by atoms with van der Waals surface area (Å²) in [5.41, 5.74) is 1.89. The van der Waals surface area contributed by atoms with Crippen LogP contribution in [0.4, 0.5) is 0 Å². The minimum Gasteiger partial charge on any atom is -0.492 e. The van der Waals surface area contributed by atoms with E-state index in [1.807, 2.05) is 18.2 Å². The van der Waals surface area contributed by atoms with Gasteiger partial charge in [-0.3, -0.25) is 0 Å². The first-order valence-electron chi connectivity index (χ1n) is 10.8. The molecule has 10 heteroatoms. The standard InChI is InChI=1S/C23H28O10/c1-28-16-6-12-13-9-30-14-5-10(31-23-21(27)20(26)19(25)18(8-24)33-23)3-4-11(14)22(13)32-15(12)7-17(16)29-2/h3-7,13,16-27H,8-9H2,1-2H3/t13?,16?,17?,18-,19-,20-,21-,22?,23-/m1/s1. The third-order valence-corrected chi connectivity index (χ3v) is 6.64. The van der Waals surface area contributed by atoms with Gasteiger partial charge in [-0.15, -0.1) is 0 Å². The summed E-state index contributed by atoms with van der Waals surface area (Å²) < 4.78 is 34.4. The van der Waals surface area contributed by atoms with Crippen LogP contribution in [0.5, 0.6) is 11.5 Å². The van der Waals surface area contributed by atoms with Gasteiger partial charge >= 0.3 is 0 Å². The van der Waals surface area contributed by atoms with Crippen LogP contribution in [0.25, 0.3) is 0 Å². The van der Waals surface area contributed by atoms with Crippen molar-refractivity contribution in [2.24, 2.45) is 5.92 Å². The van der Waals surface area contributed by atoms with Crippen LogP contribution in [0, 0.1) is 5.92 Å². The molecule has 1 aromatic rings. The van der Waals surface area contributed by atoms with Gasteiger partial charge in [-0.25, -0.2) is 0 Å². The molecule has 4 aliphatic rings. The van der Waals surface area contributed by atoms with Crippen LogP contribution < -0.4 is 9.47 Å². The molecule has 0 amide bonds. The predicted octanol–water partition coefficient (Wildman–Crippen LogP) is -0.201. The highest BCUT2D eigenvalue weighted by atomic mass is 16.7. The van der Waals surface area contributed by atoms with Gasteiger partial charge in [0.2, 0.25) is 6.29 Å². The molecule has 10 nitrogen and oxygen atoms in total. The maximum atomic E-state index is 10.2. The maximum Gasteiger partial charge on any atom is 0.229 e. The Labute approximate surface area is 190 Å². The lowest BCUT2D eigenvalue weighted by Crippen LogP contribution is -2.60. The smallest absolute Gasteiger partial charge is 0.229 e. The van der Waals surface area contributed by atoms with Crippen molar-refractivity contribution in [3.63, 3.8) is 0 Å². The summed E-state index contributed by atoms with van der Waals surface area (Å²) in [5, 5.41) is 39.5. The van der Waals surface area contributed by atoms with Crippen molar-refractivity contribution >= 4 is 0 Å². The number of allylic oxidation sites excluding steroid dienone is 1. The molecule has 5 rings (SSSR count). The number of fused-ring (bicyclic) bond motifs is 5. The van der Waals surface area contributed by atoms with Gasteiger partial charge in [0.15, 0.2) is 0 Å². The first kappa shape index (κ1) is 22.6. The topological polar surface area (TPSA) is 136 Å². The van der Waals surface area contributed by atoms with Crippen LogP contribution in [0.2, 0.25) is 0 Å². The molecule has 3 heterocycles. The van der Waals surface area contributed by atoms with Gasteiger partial charge in [-0.2, -0.15) is 0 Å². The molecule has 2 saturated heterocycles. The zero-order valence-corrected chi connectivity index (χ0v) is 18.2. The molecule has 0 aromatic heterocycles. The number of hydrogen-bond donors (Lipinski definition) is 4. The van der Waals surface area contributed by atoms with Gasteiger partial charge < -0.3 is 48.8 Å². The first-order valence-corrected chi connectivity index (χ1v) is 10.8. The maximum absolute atomic E-state index is 10.2. The second-order valence-corrected chi connectivity index (χ2v) is 8.52. The van der Waals surface area contributed by atoms with Gasteiger partial charge in [0.1, 0.15) is 60.0 Å². The molecule has 0 saturated carbocycles. The SMILES string of the molecule is COC1C=C2OC3c4ccc(O[C@@H]5O[C@H](CO)[C@@H](O)[C@@H](O)[C@H]5O)cc4OCC3C2=CC1OC. The Balaban J connectivity index is 1.36. The summed E-state index contributed by atoms with van der Waals surface area (Å²) in [4.78, 5) is 0. The molecule has 0 bridgehead atoms. The molecule has 2 fully saturated rings. The monoisotopic (exact) mass is 464 g/mol. The third kappa shape index (κ3) is 3.81. The fraction of sp³-hybridized carbons (Fsp3) is 0.565. The van der Waals surface area contributed by atoms with E-state index >= 15 is 0 Å². The van der Waals surface area contributed by atoms with Crippen molar-refractivity contribution in [3.8, 4) is 11.5 Å². The molecule has 33 heavy (non-hydrogen) atoms. The van der Waals surface area contributed by atoms with Crippen molar-refractivity contribution in [3.05, 3.63) is 47.2 Å². The summed E-state index contributed by atoms with van der Waals surface area (Å²) in [6.07, 6.45) is -3.49. The molecular weight excluding hydrogens is 436 g/mol. The van der Waals surface area contributed by atoms with Gasteiger partial charge in [-0.1, -0.05) is 0 Å². The largest absolute Gasteiger partial charge is 0.492 e. The van der Waals surface area contributed by atoms with Gasteiger partial charge in [0, 0.05) is 31.4 Å². The quantitative estimate of drug-likeness (QED) is 0.464. The van der Waals surface area contributed by atoms with E-state index in [0.29, 0.717) is 18.1 Å². The number of hydrogen-bond acceptors (Lipinski definition) is 10.